The molecule has 4 N–H and O–H groups in total. The van der Waals surface area contributed by atoms with Gasteiger partial charge in [0.2, 0.25) is 5.95 Å². The lowest BCUT2D eigenvalue weighted by atomic mass is 10.1. The Kier molecular flexibility index (Phi) is 6.40. The van der Waals surface area contributed by atoms with Gasteiger partial charge < -0.3 is 20.8 Å². The number of nitrogens with zero attached hydrogens (tertiary/aromatic N) is 4. The highest BCUT2D eigenvalue weighted by atomic mass is 127. The lowest BCUT2D eigenvalue weighted by Gasteiger charge is -2.21. The van der Waals surface area contributed by atoms with Crippen molar-refractivity contribution in [3.05, 3.63) is 23.7 Å². The van der Waals surface area contributed by atoms with Crippen LogP contribution in [-0.4, -0.2) is 59.1 Å². The number of hydrogen-bond donors (Lipinski definition) is 4. The number of thiazole rings is 1. The van der Waals surface area contributed by atoms with Crippen molar-refractivity contribution in [1.29, 1.82) is 0 Å². The van der Waals surface area contributed by atoms with Gasteiger partial charge in [0.15, 0.2) is 4.18 Å². The summed E-state index contributed by atoms with van der Waals surface area (Å²) in [4.78, 5) is 18.5. The minimum Gasteiger partial charge on any atom is -0.390 e. The summed E-state index contributed by atoms with van der Waals surface area (Å²) in [5.74, 6) is 1.04. The molecular weight excluding hydrogens is 558 g/mol. The van der Waals surface area contributed by atoms with Gasteiger partial charge in [0.25, 0.3) is 0 Å². The molecule has 3 heterocycles. The van der Waals surface area contributed by atoms with Crippen LogP contribution in [0.4, 0.5) is 16.2 Å². The highest BCUT2D eigenvalue weighted by Crippen LogP contribution is 2.40. The van der Waals surface area contributed by atoms with Crippen molar-refractivity contribution in [2.75, 3.05) is 17.2 Å². The Morgan fingerprint density at radius 2 is 1.97 bits per heavy atom. The average Bonchev–Trinajstić information content (AvgIpc) is 3.43. The van der Waals surface area contributed by atoms with Crippen molar-refractivity contribution in [2.45, 2.75) is 55.5 Å². The summed E-state index contributed by atoms with van der Waals surface area (Å²) in [5, 5.41) is 28.3. The van der Waals surface area contributed by atoms with Crippen LogP contribution >= 0.6 is 33.9 Å². The molecule has 2 saturated carbocycles. The summed E-state index contributed by atoms with van der Waals surface area (Å²) in [7, 11) is 0. The van der Waals surface area contributed by atoms with E-state index in [2.05, 4.69) is 20.6 Å². The Labute approximate surface area is 208 Å². The molecule has 2 aliphatic rings. The fraction of sp³-hybridized carbons (Fsp3) is 0.545. The van der Waals surface area contributed by atoms with Crippen molar-refractivity contribution in [1.82, 2.24) is 19.9 Å². The molecule has 5 rings (SSSR count). The zero-order chi connectivity index (χ0) is 23.3. The smallest absolute Gasteiger partial charge is 0.224 e. The number of aryl methyl sites for hydroxylation is 2. The molecule has 0 radical (unpaired) electrons. The lowest BCUT2D eigenvalue weighted by molar-refractivity contribution is 0.0105. The molecule has 0 amide bonds. The first-order valence-electron chi connectivity index (χ1n) is 11.1. The number of nitrogens with one attached hydrogen (secondary N) is 2. The molecule has 0 aliphatic heterocycles. The molecule has 176 valence electrons. The third-order valence-electron chi connectivity index (χ3n) is 6.41. The highest BCUT2D eigenvalue weighted by molar-refractivity contribution is 14.1. The predicted molar refractivity (Wildman–Crippen MR) is 136 cm³/mol. The zero-order valence-electron chi connectivity index (χ0n) is 18.3. The minimum atomic E-state index is -1.25. The summed E-state index contributed by atoms with van der Waals surface area (Å²) >= 11 is 3.18. The van der Waals surface area contributed by atoms with Gasteiger partial charge in [0, 0.05) is 18.7 Å². The predicted octanol–water partition coefficient (Wildman–Crippen LogP) is 3.84. The van der Waals surface area contributed by atoms with Crippen LogP contribution in [-0.2, 0) is 0 Å². The Hall–Kier alpha value is -1.70. The number of aromatic nitrogens is 4. The van der Waals surface area contributed by atoms with Crippen molar-refractivity contribution in [2.24, 2.45) is 11.8 Å². The van der Waals surface area contributed by atoms with Gasteiger partial charge in [-0.15, -0.1) is 11.3 Å². The van der Waals surface area contributed by atoms with Crippen molar-refractivity contribution in [3.8, 4) is 10.6 Å². The molecule has 3 aromatic heterocycles. The molecule has 2 fully saturated rings. The van der Waals surface area contributed by atoms with Gasteiger partial charge in [0.1, 0.15) is 22.4 Å². The fourth-order valence-electron chi connectivity index (χ4n) is 4.29. The zero-order valence-corrected chi connectivity index (χ0v) is 21.3. The van der Waals surface area contributed by atoms with E-state index in [9.17, 15) is 14.6 Å². The summed E-state index contributed by atoms with van der Waals surface area (Å²) in [6.45, 7) is 4.65. The van der Waals surface area contributed by atoms with Crippen LogP contribution in [0, 0.1) is 25.7 Å². The third kappa shape index (κ3) is 4.64. The minimum absolute atomic E-state index is 0.294. The van der Waals surface area contributed by atoms with E-state index in [0.717, 1.165) is 38.7 Å². The van der Waals surface area contributed by atoms with E-state index < -0.39 is 28.3 Å². The van der Waals surface area contributed by atoms with Gasteiger partial charge in [-0.1, -0.05) is 0 Å². The van der Waals surface area contributed by atoms with E-state index in [1.165, 1.54) is 24.2 Å². The second-order valence-electron chi connectivity index (χ2n) is 8.91. The normalized spacial score (nSPS) is 26.0. The first-order chi connectivity index (χ1) is 15.8. The van der Waals surface area contributed by atoms with Crippen LogP contribution in [0.3, 0.4) is 0 Å². The molecule has 1 unspecified atom stereocenters. The van der Waals surface area contributed by atoms with Crippen molar-refractivity contribution < 1.29 is 14.6 Å². The van der Waals surface area contributed by atoms with E-state index in [4.69, 9.17) is 9.97 Å². The van der Waals surface area contributed by atoms with Crippen LogP contribution in [0.5, 0.6) is 0 Å². The molecule has 8 nitrogen and oxygen atoms in total. The number of aliphatic hydroxyl groups is 2. The maximum Gasteiger partial charge on any atom is 0.224 e. The first-order valence-corrected chi connectivity index (χ1v) is 13.1. The molecule has 33 heavy (non-hydrogen) atoms. The van der Waals surface area contributed by atoms with Crippen molar-refractivity contribution >= 4 is 55.9 Å². The Morgan fingerprint density at radius 1 is 1.18 bits per heavy atom. The Morgan fingerprint density at radius 3 is 2.64 bits per heavy atom. The molecular formula is C22H26FIN6O2S. The van der Waals surface area contributed by atoms with Gasteiger partial charge in [-0.3, -0.25) is 4.98 Å². The average molecular weight is 584 g/mol. The second kappa shape index (κ2) is 9.16. The topological polar surface area (TPSA) is 116 Å². The summed E-state index contributed by atoms with van der Waals surface area (Å²) < 4.78 is 13.8. The highest BCUT2D eigenvalue weighted by Gasteiger charge is 2.45. The van der Waals surface area contributed by atoms with Gasteiger partial charge in [-0.25, -0.2) is 14.4 Å². The maximum atomic E-state index is 14.0. The summed E-state index contributed by atoms with van der Waals surface area (Å²) in [6.07, 6.45) is 2.24. The monoisotopic (exact) mass is 584 g/mol. The second-order valence-corrected chi connectivity index (χ2v) is 11.1. The van der Waals surface area contributed by atoms with Gasteiger partial charge in [-0.05, 0) is 67.7 Å². The van der Waals surface area contributed by atoms with Crippen LogP contribution in [0.15, 0.2) is 12.3 Å². The quantitative estimate of drug-likeness (QED) is 0.245. The van der Waals surface area contributed by atoms with E-state index in [-0.39, 0.29) is 0 Å². The number of fused-ring (bicyclic) bond motifs is 1. The number of halogens is 2. The molecule has 0 bridgehead atoms. The Balaban J connectivity index is 1.53. The standard InChI is InChI=1S/C22H26FIN6O2S/c1-9-15(21-29-16-10(2)25-6-5-14(16)33-21)20(30-22(27-9)26-8-11-3-4-11)28-13-7-12(19(23)24)17(31)18(13)32/h5-6,11-13,17-19,31-32H,3-4,7-8H2,1-2H3,(H2,26,27,28,30)/t12-,13+,17+,18-,19?/m0/s1. The van der Waals surface area contributed by atoms with E-state index >= 15 is 0 Å². The largest absolute Gasteiger partial charge is 0.390 e. The molecule has 11 heteroatoms. The van der Waals surface area contributed by atoms with E-state index in [0.29, 0.717) is 24.1 Å². The molecule has 2 aliphatic carbocycles. The van der Waals surface area contributed by atoms with Gasteiger partial charge in [-0.2, -0.15) is 4.98 Å². The number of aliphatic hydroxyl groups excluding tert-OH is 2. The SMILES string of the molecule is Cc1nc(NCC2CC2)nc(N[C@@H]2C[C@H](C(F)I)[C@@H](O)[C@H]2O)c1-c1nc2c(C)nccc2s1. The Bertz CT molecular complexity index is 1170. The van der Waals surface area contributed by atoms with Crippen LogP contribution < -0.4 is 10.6 Å². The molecule has 0 aromatic carbocycles. The lowest BCUT2D eigenvalue weighted by Crippen LogP contribution is -2.36. The van der Waals surface area contributed by atoms with Crippen LogP contribution in [0.1, 0.15) is 30.7 Å². The number of pyridine rings is 1. The molecule has 5 atom stereocenters. The van der Waals surface area contributed by atoms with Crippen LogP contribution in [0.2, 0.25) is 0 Å². The number of hydrogen-bond acceptors (Lipinski definition) is 9. The maximum absolute atomic E-state index is 14.0. The molecule has 0 saturated heterocycles. The number of anilines is 2. The third-order valence-corrected chi connectivity index (χ3v) is 8.37. The number of alkyl halides is 2. The van der Waals surface area contributed by atoms with E-state index in [1.807, 2.05) is 19.9 Å². The molecule has 3 aromatic rings. The van der Waals surface area contributed by atoms with Crippen molar-refractivity contribution in [3.63, 3.8) is 0 Å². The number of rotatable bonds is 7. The first kappa shape index (κ1) is 23.1. The summed E-state index contributed by atoms with van der Waals surface area (Å²) in [6, 6.07) is 1.39. The van der Waals surface area contributed by atoms with E-state index in [1.54, 1.807) is 28.8 Å². The fourth-order valence-corrected chi connectivity index (χ4v) is 6.12. The van der Waals surface area contributed by atoms with Gasteiger partial charge >= 0.3 is 0 Å². The van der Waals surface area contributed by atoms with Gasteiger partial charge in [0.05, 0.1) is 33.8 Å². The molecule has 0 spiro atoms. The van der Waals surface area contributed by atoms with Crippen LogP contribution in [0.25, 0.3) is 20.8 Å². The summed E-state index contributed by atoms with van der Waals surface area (Å²) in [5.41, 5.74) is 3.17.